The van der Waals surface area contributed by atoms with Crippen LogP contribution in [0.3, 0.4) is 0 Å². The molecule has 0 spiro atoms. The van der Waals surface area contributed by atoms with Crippen LogP contribution in [0, 0.1) is 6.92 Å². The van der Waals surface area contributed by atoms with Crippen LogP contribution in [0.5, 0.6) is 0 Å². The van der Waals surface area contributed by atoms with Crippen LogP contribution in [0.25, 0.3) is 0 Å². The van der Waals surface area contributed by atoms with Crippen molar-refractivity contribution < 1.29 is 13.2 Å². The molecule has 1 aromatic carbocycles. The molecule has 1 amide bonds. The minimum atomic E-state index is -3.30. The summed E-state index contributed by atoms with van der Waals surface area (Å²) in [4.78, 5) is 12.0. The average molecular weight is 307 g/mol. The van der Waals surface area contributed by atoms with Gasteiger partial charge in [-0.1, -0.05) is 6.07 Å². The van der Waals surface area contributed by atoms with Crippen LogP contribution in [0.4, 0.5) is 0 Å². The second kappa shape index (κ2) is 7.47. The zero-order chi connectivity index (χ0) is 13.8. The third-order valence-electron chi connectivity index (χ3n) is 2.55. The van der Waals surface area contributed by atoms with Crippen LogP contribution in [-0.4, -0.2) is 33.7 Å². The van der Waals surface area contributed by atoms with Crippen LogP contribution in [0.15, 0.2) is 23.1 Å². The third-order valence-corrected chi connectivity index (χ3v) is 3.66. The number of nitrogens with one attached hydrogen (secondary N) is 1. The lowest BCUT2D eigenvalue weighted by Crippen LogP contribution is -2.26. The lowest BCUT2D eigenvalue weighted by molar-refractivity contribution is 0.0952. The van der Waals surface area contributed by atoms with Gasteiger partial charge < -0.3 is 11.1 Å². The number of amides is 1. The van der Waals surface area contributed by atoms with Crippen molar-refractivity contribution >= 4 is 28.2 Å². The average Bonchev–Trinajstić information content (AvgIpc) is 2.28. The molecule has 0 saturated heterocycles. The highest BCUT2D eigenvalue weighted by molar-refractivity contribution is 7.90. The summed E-state index contributed by atoms with van der Waals surface area (Å²) in [6, 6.07) is 4.54. The summed E-state index contributed by atoms with van der Waals surface area (Å²) in [5.74, 6) is -0.272. The fourth-order valence-electron chi connectivity index (χ4n) is 1.48. The minimum Gasteiger partial charge on any atom is -0.352 e. The first-order valence-corrected chi connectivity index (χ1v) is 7.54. The zero-order valence-corrected chi connectivity index (χ0v) is 12.6. The van der Waals surface area contributed by atoms with Crippen molar-refractivity contribution in [2.45, 2.75) is 18.2 Å². The number of carbonyl (C=O) groups excluding carboxylic acids is 1. The van der Waals surface area contributed by atoms with E-state index in [9.17, 15) is 13.2 Å². The summed E-state index contributed by atoms with van der Waals surface area (Å²) >= 11 is 0. The Balaban J connectivity index is 0.00000324. The van der Waals surface area contributed by atoms with Crippen molar-refractivity contribution in [1.82, 2.24) is 5.32 Å². The van der Waals surface area contributed by atoms with E-state index in [0.717, 1.165) is 11.8 Å². The van der Waals surface area contributed by atoms with Crippen molar-refractivity contribution in [2.24, 2.45) is 5.73 Å². The van der Waals surface area contributed by atoms with E-state index in [4.69, 9.17) is 5.73 Å². The molecule has 0 aliphatic heterocycles. The number of hydrogen-bond acceptors (Lipinski definition) is 4. The van der Waals surface area contributed by atoms with Gasteiger partial charge in [-0.15, -0.1) is 12.4 Å². The molecule has 5 nitrogen and oxygen atoms in total. The van der Waals surface area contributed by atoms with Crippen LogP contribution in [-0.2, 0) is 9.84 Å². The van der Waals surface area contributed by atoms with E-state index in [1.165, 1.54) is 12.1 Å². The van der Waals surface area contributed by atoms with E-state index in [2.05, 4.69) is 5.32 Å². The Morgan fingerprint density at radius 2 is 2.00 bits per heavy atom. The Morgan fingerprint density at radius 3 is 2.53 bits per heavy atom. The van der Waals surface area contributed by atoms with Gasteiger partial charge in [-0.25, -0.2) is 8.42 Å². The Hall–Kier alpha value is -1.11. The molecule has 1 aromatic rings. The first-order chi connectivity index (χ1) is 8.36. The lowest BCUT2D eigenvalue weighted by atomic mass is 10.1. The van der Waals surface area contributed by atoms with E-state index >= 15 is 0 Å². The standard InChI is InChI=1S/C12H18N2O3S.ClH/c1-9-4-5-10(18(2,16)17)8-11(9)12(15)14-7-3-6-13;/h4-5,8H,3,6-7,13H2,1-2H3,(H,14,15);1H. The molecule has 0 radical (unpaired) electrons. The van der Waals surface area contributed by atoms with Gasteiger partial charge in [0, 0.05) is 18.4 Å². The summed E-state index contributed by atoms with van der Waals surface area (Å²) < 4.78 is 22.9. The molecule has 0 aromatic heterocycles. The largest absolute Gasteiger partial charge is 0.352 e. The maximum absolute atomic E-state index is 11.9. The van der Waals surface area contributed by atoms with E-state index in [-0.39, 0.29) is 23.2 Å². The number of nitrogens with two attached hydrogens (primary N) is 1. The summed E-state index contributed by atoms with van der Waals surface area (Å²) in [6.07, 6.45) is 1.81. The zero-order valence-electron chi connectivity index (χ0n) is 11.0. The van der Waals surface area contributed by atoms with Gasteiger partial charge in [0.25, 0.3) is 5.91 Å². The Kier molecular flexibility index (Phi) is 7.04. The van der Waals surface area contributed by atoms with Crippen molar-refractivity contribution in [3.8, 4) is 0 Å². The summed E-state index contributed by atoms with van der Waals surface area (Å²) in [5.41, 5.74) is 6.46. The summed E-state index contributed by atoms with van der Waals surface area (Å²) in [6.45, 7) is 2.75. The van der Waals surface area contributed by atoms with Crippen LogP contribution < -0.4 is 11.1 Å². The molecule has 108 valence electrons. The maximum Gasteiger partial charge on any atom is 0.251 e. The molecule has 19 heavy (non-hydrogen) atoms. The second-order valence-electron chi connectivity index (χ2n) is 4.15. The molecule has 0 bridgehead atoms. The van der Waals surface area contributed by atoms with Gasteiger partial charge >= 0.3 is 0 Å². The summed E-state index contributed by atoms with van der Waals surface area (Å²) in [7, 11) is -3.30. The predicted octanol–water partition coefficient (Wildman–Crippen LogP) is 0.899. The molecule has 0 unspecified atom stereocenters. The normalized spacial score (nSPS) is 10.7. The van der Waals surface area contributed by atoms with Gasteiger partial charge in [-0.2, -0.15) is 0 Å². The predicted molar refractivity (Wildman–Crippen MR) is 77.5 cm³/mol. The molecule has 0 fully saturated rings. The lowest BCUT2D eigenvalue weighted by Gasteiger charge is -2.08. The molecule has 0 atom stereocenters. The number of hydrogen-bond donors (Lipinski definition) is 2. The highest BCUT2D eigenvalue weighted by Gasteiger charge is 2.13. The van der Waals surface area contributed by atoms with E-state index in [0.29, 0.717) is 25.1 Å². The van der Waals surface area contributed by atoms with Gasteiger partial charge in [0.05, 0.1) is 4.90 Å². The number of carbonyl (C=O) groups is 1. The van der Waals surface area contributed by atoms with Gasteiger partial charge in [0.15, 0.2) is 9.84 Å². The number of benzene rings is 1. The highest BCUT2D eigenvalue weighted by Crippen LogP contribution is 2.15. The fourth-order valence-corrected chi connectivity index (χ4v) is 2.12. The van der Waals surface area contributed by atoms with Crippen LogP contribution in [0.1, 0.15) is 22.3 Å². The van der Waals surface area contributed by atoms with Crippen molar-refractivity contribution in [2.75, 3.05) is 19.3 Å². The molecular formula is C12H19ClN2O3S. The molecule has 0 saturated carbocycles. The number of aryl methyl sites for hydroxylation is 1. The van der Waals surface area contributed by atoms with E-state index in [1.807, 2.05) is 0 Å². The van der Waals surface area contributed by atoms with Crippen molar-refractivity contribution in [3.63, 3.8) is 0 Å². The molecule has 3 N–H and O–H groups in total. The Labute approximate surface area is 119 Å². The topological polar surface area (TPSA) is 89.3 Å². The van der Waals surface area contributed by atoms with Crippen LogP contribution >= 0.6 is 12.4 Å². The van der Waals surface area contributed by atoms with Crippen molar-refractivity contribution in [1.29, 1.82) is 0 Å². The van der Waals surface area contributed by atoms with Gasteiger partial charge in [-0.05, 0) is 37.6 Å². The van der Waals surface area contributed by atoms with E-state index in [1.54, 1.807) is 13.0 Å². The minimum absolute atomic E-state index is 0. The molecule has 7 heteroatoms. The van der Waals surface area contributed by atoms with Crippen LogP contribution in [0.2, 0.25) is 0 Å². The number of rotatable bonds is 5. The molecule has 0 aliphatic carbocycles. The molecular weight excluding hydrogens is 288 g/mol. The van der Waals surface area contributed by atoms with Gasteiger partial charge in [0.2, 0.25) is 0 Å². The Morgan fingerprint density at radius 1 is 1.37 bits per heavy atom. The smallest absolute Gasteiger partial charge is 0.251 e. The first kappa shape index (κ1) is 17.9. The second-order valence-corrected chi connectivity index (χ2v) is 6.16. The van der Waals surface area contributed by atoms with Gasteiger partial charge in [0.1, 0.15) is 0 Å². The first-order valence-electron chi connectivity index (χ1n) is 5.65. The Bertz CT molecular complexity index is 544. The highest BCUT2D eigenvalue weighted by atomic mass is 35.5. The molecule has 0 aliphatic rings. The number of halogens is 1. The molecule has 1 rings (SSSR count). The quantitative estimate of drug-likeness (QED) is 0.791. The fraction of sp³-hybridized carbons (Fsp3) is 0.417. The monoisotopic (exact) mass is 306 g/mol. The SMILES string of the molecule is Cc1ccc(S(C)(=O)=O)cc1C(=O)NCCCN.Cl. The third kappa shape index (κ3) is 5.18. The van der Waals surface area contributed by atoms with E-state index < -0.39 is 9.84 Å². The maximum atomic E-state index is 11.9. The van der Waals surface area contributed by atoms with Gasteiger partial charge in [-0.3, -0.25) is 4.79 Å². The number of sulfone groups is 1. The van der Waals surface area contributed by atoms with Crippen molar-refractivity contribution in [3.05, 3.63) is 29.3 Å². The summed E-state index contributed by atoms with van der Waals surface area (Å²) in [5, 5.41) is 2.71. The molecule has 0 heterocycles.